The quantitative estimate of drug-likeness (QED) is 0.533. The summed E-state index contributed by atoms with van der Waals surface area (Å²) in [6.45, 7) is 5.39. The van der Waals surface area contributed by atoms with Gasteiger partial charge in [-0.2, -0.15) is 0 Å². The molecule has 0 radical (unpaired) electrons. The van der Waals surface area contributed by atoms with Crippen LogP contribution in [0.25, 0.3) is 0 Å². The van der Waals surface area contributed by atoms with Crippen molar-refractivity contribution >= 4 is 5.91 Å². The molecule has 6 heteroatoms. The van der Waals surface area contributed by atoms with Gasteiger partial charge < -0.3 is 23.2 Å². The fourth-order valence-corrected chi connectivity index (χ4v) is 2.74. The van der Waals surface area contributed by atoms with Gasteiger partial charge in [-0.3, -0.25) is 4.79 Å². The Kier molecular flexibility index (Phi) is 6.42. The Hall–Kier alpha value is -3.15. The summed E-state index contributed by atoms with van der Waals surface area (Å²) in [6, 6.07) is 12.5. The highest BCUT2D eigenvalue weighted by Crippen LogP contribution is 2.29. The Morgan fingerprint density at radius 1 is 1.00 bits per heavy atom. The number of carbonyl (C=O) groups excluding carboxylic acids is 1. The second-order valence-corrected chi connectivity index (χ2v) is 6.89. The molecule has 2 aromatic heterocycles. The summed E-state index contributed by atoms with van der Waals surface area (Å²) in [5, 5.41) is 0. The van der Waals surface area contributed by atoms with Crippen LogP contribution in [-0.2, 0) is 13.1 Å². The number of amides is 1. The van der Waals surface area contributed by atoms with Crippen LogP contribution < -0.4 is 9.47 Å². The molecule has 0 aliphatic rings. The Labute approximate surface area is 164 Å². The number of methoxy groups -OCH3 is 1. The number of rotatable bonds is 9. The molecule has 0 fully saturated rings. The van der Waals surface area contributed by atoms with Gasteiger partial charge in [-0.1, -0.05) is 13.8 Å². The van der Waals surface area contributed by atoms with Gasteiger partial charge in [0.2, 0.25) is 0 Å². The van der Waals surface area contributed by atoms with E-state index >= 15 is 0 Å². The first-order valence-corrected chi connectivity index (χ1v) is 9.21. The average Bonchev–Trinajstić information content (AvgIpc) is 3.39. The lowest BCUT2D eigenvalue weighted by Gasteiger charge is -2.21. The Morgan fingerprint density at radius 2 is 1.64 bits per heavy atom. The van der Waals surface area contributed by atoms with Gasteiger partial charge in [0.05, 0.1) is 39.3 Å². The molecule has 3 aromatic rings. The van der Waals surface area contributed by atoms with Crippen LogP contribution in [0.2, 0.25) is 0 Å². The fourth-order valence-electron chi connectivity index (χ4n) is 2.74. The molecule has 0 aliphatic heterocycles. The highest BCUT2D eigenvalue weighted by molar-refractivity contribution is 5.94. The van der Waals surface area contributed by atoms with E-state index in [9.17, 15) is 4.79 Å². The van der Waals surface area contributed by atoms with Gasteiger partial charge in [-0.25, -0.2) is 0 Å². The SMILES string of the molecule is COc1cc(C(=O)N(Cc2ccco2)Cc2ccco2)ccc1OCC(C)C. The zero-order valence-corrected chi connectivity index (χ0v) is 16.4. The molecule has 0 saturated carbocycles. The van der Waals surface area contributed by atoms with Crippen LogP contribution in [-0.4, -0.2) is 24.5 Å². The normalized spacial score (nSPS) is 10.9. The van der Waals surface area contributed by atoms with Gasteiger partial charge in [0.25, 0.3) is 5.91 Å². The third-order valence-corrected chi connectivity index (χ3v) is 4.12. The zero-order valence-electron chi connectivity index (χ0n) is 16.4. The Morgan fingerprint density at radius 3 is 2.14 bits per heavy atom. The summed E-state index contributed by atoms with van der Waals surface area (Å²) in [4.78, 5) is 14.9. The summed E-state index contributed by atoms with van der Waals surface area (Å²) in [5.74, 6) is 2.79. The van der Waals surface area contributed by atoms with Crippen molar-refractivity contribution in [3.8, 4) is 11.5 Å². The smallest absolute Gasteiger partial charge is 0.254 e. The largest absolute Gasteiger partial charge is 0.493 e. The fraction of sp³-hybridized carbons (Fsp3) is 0.318. The van der Waals surface area contributed by atoms with E-state index in [1.165, 1.54) is 0 Å². The van der Waals surface area contributed by atoms with Crippen molar-refractivity contribution < 1.29 is 23.1 Å². The molecular formula is C22H25NO5. The van der Waals surface area contributed by atoms with E-state index < -0.39 is 0 Å². The second-order valence-electron chi connectivity index (χ2n) is 6.89. The molecule has 0 spiro atoms. The first-order valence-electron chi connectivity index (χ1n) is 9.21. The predicted octanol–water partition coefficient (Wildman–Crippen LogP) is 4.76. The van der Waals surface area contributed by atoms with Crippen LogP contribution in [0, 0.1) is 5.92 Å². The van der Waals surface area contributed by atoms with Crippen LogP contribution in [0.15, 0.2) is 63.8 Å². The van der Waals surface area contributed by atoms with Crippen LogP contribution in [0.3, 0.4) is 0 Å². The maximum absolute atomic E-state index is 13.2. The minimum absolute atomic E-state index is 0.151. The molecule has 0 N–H and O–H groups in total. The number of hydrogen-bond acceptors (Lipinski definition) is 5. The molecule has 0 aliphatic carbocycles. The highest BCUT2D eigenvalue weighted by Gasteiger charge is 2.20. The molecule has 28 heavy (non-hydrogen) atoms. The van der Waals surface area contributed by atoms with Crippen LogP contribution in [0.5, 0.6) is 11.5 Å². The molecule has 1 aromatic carbocycles. The van der Waals surface area contributed by atoms with Gasteiger partial charge in [0, 0.05) is 5.56 Å². The van der Waals surface area contributed by atoms with E-state index in [-0.39, 0.29) is 5.91 Å². The lowest BCUT2D eigenvalue weighted by atomic mass is 10.1. The van der Waals surface area contributed by atoms with Crippen LogP contribution in [0.1, 0.15) is 35.7 Å². The number of nitrogens with zero attached hydrogens (tertiary/aromatic N) is 1. The van der Waals surface area contributed by atoms with Crippen molar-refractivity contribution in [1.29, 1.82) is 0 Å². The van der Waals surface area contributed by atoms with E-state index in [1.54, 1.807) is 54.9 Å². The maximum Gasteiger partial charge on any atom is 0.254 e. The zero-order chi connectivity index (χ0) is 19.9. The molecule has 6 nitrogen and oxygen atoms in total. The standard InChI is InChI=1S/C22H25NO5/c1-16(2)15-28-20-9-8-17(12-21(20)25-3)22(24)23(13-18-6-4-10-26-18)14-19-7-5-11-27-19/h4-12,16H,13-15H2,1-3H3. The number of ether oxygens (including phenoxy) is 2. The summed E-state index contributed by atoms with van der Waals surface area (Å²) >= 11 is 0. The summed E-state index contributed by atoms with van der Waals surface area (Å²) < 4.78 is 22.0. The van der Waals surface area contributed by atoms with Crippen molar-refractivity contribution in [2.75, 3.05) is 13.7 Å². The topological polar surface area (TPSA) is 65.0 Å². The number of furan rings is 2. The molecule has 1 amide bonds. The minimum Gasteiger partial charge on any atom is -0.493 e. The first-order chi connectivity index (χ1) is 13.6. The second kappa shape index (κ2) is 9.17. The third kappa shape index (κ3) is 4.97. The maximum atomic E-state index is 13.2. The van der Waals surface area contributed by atoms with Crippen molar-refractivity contribution in [2.24, 2.45) is 5.92 Å². The van der Waals surface area contributed by atoms with E-state index in [0.717, 1.165) is 0 Å². The van der Waals surface area contributed by atoms with Crippen molar-refractivity contribution in [2.45, 2.75) is 26.9 Å². The molecule has 2 heterocycles. The molecular weight excluding hydrogens is 358 g/mol. The average molecular weight is 383 g/mol. The molecule has 0 bridgehead atoms. The van der Waals surface area contributed by atoms with Crippen molar-refractivity contribution in [3.63, 3.8) is 0 Å². The first kappa shape index (κ1) is 19.6. The Bertz CT molecular complexity index is 832. The van der Waals surface area contributed by atoms with Crippen LogP contribution >= 0.6 is 0 Å². The monoisotopic (exact) mass is 383 g/mol. The van der Waals surface area contributed by atoms with Gasteiger partial charge in [-0.05, 0) is 48.4 Å². The van der Waals surface area contributed by atoms with Crippen molar-refractivity contribution in [1.82, 2.24) is 4.90 Å². The van der Waals surface area contributed by atoms with Gasteiger partial charge in [0.1, 0.15) is 11.5 Å². The van der Waals surface area contributed by atoms with Gasteiger partial charge >= 0.3 is 0 Å². The summed E-state index contributed by atoms with van der Waals surface area (Å²) in [7, 11) is 1.56. The molecule has 148 valence electrons. The molecule has 0 unspecified atom stereocenters. The molecule has 0 atom stereocenters. The predicted molar refractivity (Wildman–Crippen MR) is 104 cm³/mol. The van der Waals surface area contributed by atoms with E-state index in [1.807, 2.05) is 12.1 Å². The van der Waals surface area contributed by atoms with Gasteiger partial charge in [0.15, 0.2) is 11.5 Å². The third-order valence-electron chi connectivity index (χ3n) is 4.12. The van der Waals surface area contributed by atoms with E-state index in [4.69, 9.17) is 18.3 Å². The lowest BCUT2D eigenvalue weighted by molar-refractivity contribution is 0.0704. The lowest BCUT2D eigenvalue weighted by Crippen LogP contribution is -2.29. The van der Waals surface area contributed by atoms with E-state index in [0.29, 0.717) is 54.2 Å². The van der Waals surface area contributed by atoms with Crippen LogP contribution in [0.4, 0.5) is 0 Å². The summed E-state index contributed by atoms with van der Waals surface area (Å²) in [6.07, 6.45) is 3.18. The number of hydrogen-bond donors (Lipinski definition) is 0. The number of carbonyl (C=O) groups is 1. The van der Waals surface area contributed by atoms with E-state index in [2.05, 4.69) is 13.8 Å². The minimum atomic E-state index is -0.151. The Balaban J connectivity index is 1.82. The molecule has 0 saturated heterocycles. The number of benzene rings is 1. The summed E-state index contributed by atoms with van der Waals surface area (Å²) in [5.41, 5.74) is 0.506. The van der Waals surface area contributed by atoms with Gasteiger partial charge in [-0.15, -0.1) is 0 Å². The van der Waals surface area contributed by atoms with Crippen molar-refractivity contribution in [3.05, 3.63) is 72.1 Å². The molecule has 3 rings (SSSR count). The highest BCUT2D eigenvalue weighted by atomic mass is 16.5.